The van der Waals surface area contributed by atoms with Crippen LogP contribution in [0.5, 0.6) is 0 Å². The van der Waals surface area contributed by atoms with E-state index < -0.39 is 0 Å². The van der Waals surface area contributed by atoms with E-state index in [1.807, 2.05) is 33.3 Å². The van der Waals surface area contributed by atoms with E-state index in [2.05, 4.69) is 19.6 Å². The Kier molecular flexibility index (Phi) is 10.9. The van der Waals surface area contributed by atoms with Crippen LogP contribution in [-0.2, 0) is 0 Å². The topological polar surface area (TPSA) is 0 Å². The molecule has 0 aliphatic carbocycles. The Balaban J connectivity index is 2.60. The molecule has 0 radical (unpaired) electrons. The van der Waals surface area contributed by atoms with Gasteiger partial charge in [0.05, 0.1) is 0 Å². The van der Waals surface area contributed by atoms with Gasteiger partial charge in [0.15, 0.2) is 0 Å². The summed E-state index contributed by atoms with van der Waals surface area (Å²) in [5.41, 5.74) is 0. The molecule has 0 atom stereocenters. The molecule has 0 saturated heterocycles. The lowest BCUT2D eigenvalue weighted by molar-refractivity contribution is 1.54. The van der Waals surface area contributed by atoms with Crippen LogP contribution in [0.1, 0.15) is 6.92 Å². The zero-order valence-corrected chi connectivity index (χ0v) is 8.84. The summed E-state index contributed by atoms with van der Waals surface area (Å²) in [5.74, 6) is 3.71. The Morgan fingerprint density at radius 2 is 2.00 bits per heavy atom. The van der Waals surface area contributed by atoms with Gasteiger partial charge in [-0.2, -0.15) is 24.4 Å². The zero-order chi connectivity index (χ0) is 6.95. The number of rotatable bonds is 6. The Morgan fingerprint density at radius 1 is 1.22 bits per heavy atom. The maximum Gasteiger partial charge on any atom is 0.0362 e. The molecule has 0 N–H and O–H groups in total. The van der Waals surface area contributed by atoms with Crippen molar-refractivity contribution in [3.63, 3.8) is 0 Å². The van der Waals surface area contributed by atoms with Crippen molar-refractivity contribution in [1.82, 2.24) is 0 Å². The van der Waals surface area contributed by atoms with Crippen molar-refractivity contribution < 1.29 is 0 Å². The largest absolute Gasteiger partial charge is 0.168 e. The van der Waals surface area contributed by atoms with E-state index in [4.69, 9.17) is 0 Å². The molecule has 0 nitrogen and oxygen atoms in total. The molecule has 0 aromatic carbocycles. The van der Waals surface area contributed by atoms with Gasteiger partial charge >= 0.3 is 0 Å². The lowest BCUT2D eigenvalue weighted by Crippen LogP contribution is -1.80. The quantitative estimate of drug-likeness (QED) is 0.303. The maximum absolute atomic E-state index is 4.09. The standard InChI is InChI=1S/C5H12S4/c1-2-8-9-4-3-7-5-6/h6H,2-5H2,1H3. The highest BCUT2D eigenvalue weighted by atomic mass is 33.1. The van der Waals surface area contributed by atoms with Gasteiger partial charge in [-0.25, -0.2) is 0 Å². The van der Waals surface area contributed by atoms with Gasteiger partial charge in [0.2, 0.25) is 0 Å². The zero-order valence-electron chi connectivity index (χ0n) is 5.50. The van der Waals surface area contributed by atoms with Crippen LogP contribution >= 0.6 is 46.0 Å². The fourth-order valence-electron chi connectivity index (χ4n) is 0.300. The fraction of sp³-hybridized carbons (Fsp3) is 1.00. The average Bonchev–Trinajstić information content (AvgIpc) is 1.89. The third-order valence-corrected chi connectivity index (χ3v) is 4.57. The summed E-state index contributed by atoms with van der Waals surface area (Å²) in [6, 6.07) is 0. The van der Waals surface area contributed by atoms with Crippen molar-refractivity contribution in [3.05, 3.63) is 0 Å². The van der Waals surface area contributed by atoms with Crippen LogP contribution in [0, 0.1) is 0 Å². The van der Waals surface area contributed by atoms with Crippen LogP contribution in [0.3, 0.4) is 0 Å². The van der Waals surface area contributed by atoms with E-state index in [9.17, 15) is 0 Å². The summed E-state index contributed by atoms with van der Waals surface area (Å²) >= 11 is 5.98. The molecule has 56 valence electrons. The second-order valence-electron chi connectivity index (χ2n) is 1.27. The lowest BCUT2D eigenvalue weighted by atomic mass is 11.0. The Labute approximate surface area is 75.1 Å². The van der Waals surface area contributed by atoms with E-state index in [1.165, 1.54) is 17.3 Å². The first-order valence-electron chi connectivity index (χ1n) is 2.84. The van der Waals surface area contributed by atoms with Crippen LogP contribution in [0.15, 0.2) is 0 Å². The van der Waals surface area contributed by atoms with Crippen molar-refractivity contribution in [2.75, 3.05) is 22.3 Å². The summed E-state index contributed by atoms with van der Waals surface area (Å²) < 4.78 is 0. The van der Waals surface area contributed by atoms with Gasteiger partial charge in [0, 0.05) is 22.3 Å². The summed E-state index contributed by atoms with van der Waals surface area (Å²) in [4.78, 5) is 0. The normalized spacial score (nSPS) is 10.0. The molecule has 4 heteroatoms. The SMILES string of the molecule is CCSSCCSCS. The molecule has 0 rings (SSSR count). The Hall–Kier alpha value is 1.40. The predicted octanol–water partition coefficient (Wildman–Crippen LogP) is 3.01. The van der Waals surface area contributed by atoms with Crippen molar-refractivity contribution >= 4 is 46.0 Å². The molecular formula is C5H12S4. The Bertz CT molecular complexity index is 42.2. The Morgan fingerprint density at radius 3 is 2.56 bits per heavy atom. The second kappa shape index (κ2) is 9.40. The molecule has 0 aromatic heterocycles. The van der Waals surface area contributed by atoms with E-state index in [0.717, 1.165) is 5.08 Å². The van der Waals surface area contributed by atoms with Gasteiger partial charge in [0.1, 0.15) is 0 Å². The highest BCUT2D eigenvalue weighted by Crippen LogP contribution is 2.21. The third kappa shape index (κ3) is 9.40. The molecule has 0 amide bonds. The van der Waals surface area contributed by atoms with Gasteiger partial charge in [-0.15, -0.1) is 0 Å². The second-order valence-corrected chi connectivity index (χ2v) is 5.99. The molecule has 9 heavy (non-hydrogen) atoms. The minimum Gasteiger partial charge on any atom is -0.168 e. The van der Waals surface area contributed by atoms with Gasteiger partial charge in [0.25, 0.3) is 0 Å². The third-order valence-electron chi connectivity index (χ3n) is 0.603. The first-order chi connectivity index (χ1) is 4.41. The van der Waals surface area contributed by atoms with Gasteiger partial charge in [-0.1, -0.05) is 28.5 Å². The smallest absolute Gasteiger partial charge is 0.0362 e. The minimum atomic E-state index is 0.956. The molecule has 0 fully saturated rings. The average molecular weight is 200 g/mol. The van der Waals surface area contributed by atoms with E-state index in [-0.39, 0.29) is 0 Å². The molecular weight excluding hydrogens is 188 g/mol. The molecule has 0 aliphatic heterocycles. The minimum absolute atomic E-state index is 0.956. The molecule has 0 spiro atoms. The van der Waals surface area contributed by atoms with Crippen LogP contribution in [-0.4, -0.2) is 22.3 Å². The van der Waals surface area contributed by atoms with Crippen LogP contribution in [0.25, 0.3) is 0 Å². The van der Waals surface area contributed by atoms with Gasteiger partial charge < -0.3 is 0 Å². The number of hydrogen-bond acceptors (Lipinski definition) is 4. The van der Waals surface area contributed by atoms with Crippen LogP contribution < -0.4 is 0 Å². The number of thioether (sulfide) groups is 1. The molecule has 0 heterocycles. The number of hydrogen-bond donors (Lipinski definition) is 1. The van der Waals surface area contributed by atoms with Crippen molar-refractivity contribution in [2.24, 2.45) is 0 Å². The molecule has 0 aliphatic rings. The monoisotopic (exact) mass is 200 g/mol. The molecule has 0 bridgehead atoms. The summed E-state index contributed by atoms with van der Waals surface area (Å²) in [5, 5.41) is 0.956. The molecule has 0 aromatic rings. The van der Waals surface area contributed by atoms with Crippen molar-refractivity contribution in [3.8, 4) is 0 Å². The first kappa shape index (κ1) is 10.4. The highest BCUT2D eigenvalue weighted by molar-refractivity contribution is 8.76. The van der Waals surface area contributed by atoms with Gasteiger partial charge in [-0.05, 0) is 0 Å². The predicted molar refractivity (Wildman–Crippen MR) is 56.9 cm³/mol. The summed E-state index contributed by atoms with van der Waals surface area (Å²) in [7, 11) is 3.89. The van der Waals surface area contributed by atoms with E-state index in [0.29, 0.717) is 0 Å². The molecule has 0 saturated carbocycles. The summed E-state index contributed by atoms with van der Waals surface area (Å²) in [6.07, 6.45) is 0. The van der Waals surface area contributed by atoms with E-state index >= 15 is 0 Å². The van der Waals surface area contributed by atoms with Gasteiger partial charge in [-0.3, -0.25) is 0 Å². The van der Waals surface area contributed by atoms with Crippen LogP contribution in [0.2, 0.25) is 0 Å². The lowest BCUT2D eigenvalue weighted by Gasteiger charge is -1.95. The summed E-state index contributed by atoms with van der Waals surface area (Å²) in [6.45, 7) is 2.18. The highest BCUT2D eigenvalue weighted by Gasteiger charge is 1.86. The first-order valence-corrected chi connectivity index (χ1v) is 7.12. The van der Waals surface area contributed by atoms with Crippen molar-refractivity contribution in [2.45, 2.75) is 6.92 Å². The maximum atomic E-state index is 4.09. The fourth-order valence-corrected chi connectivity index (χ4v) is 3.31. The molecule has 0 unspecified atom stereocenters. The number of thiol groups is 1. The van der Waals surface area contributed by atoms with Crippen molar-refractivity contribution in [1.29, 1.82) is 0 Å². The van der Waals surface area contributed by atoms with E-state index in [1.54, 1.807) is 0 Å². The van der Waals surface area contributed by atoms with Crippen LogP contribution in [0.4, 0.5) is 0 Å².